The summed E-state index contributed by atoms with van der Waals surface area (Å²) in [5.74, 6) is -0.582. The van der Waals surface area contributed by atoms with Gasteiger partial charge in [-0.05, 0) is 38.5 Å². The van der Waals surface area contributed by atoms with Crippen LogP contribution >= 0.6 is 0 Å². The standard InChI is InChI=1S/C44H84O5/c1-3-5-7-9-11-13-15-17-19-21-23-25-27-29-31-33-35-37-39-44(47)49-42(40-45)41-48-43(46)38-36-34-32-30-28-26-24-22-20-18-16-14-12-10-8-6-4-2/h18,20,42,45H,3-17,19,21-41H2,1-2H3/b20-18-/t42-/m0/s1. The molecule has 1 N–H and O–H groups in total. The third-order valence-corrected chi connectivity index (χ3v) is 9.81. The molecule has 0 aliphatic carbocycles. The van der Waals surface area contributed by atoms with Crippen LogP contribution in [0.15, 0.2) is 12.2 Å². The van der Waals surface area contributed by atoms with Gasteiger partial charge in [0, 0.05) is 12.8 Å². The molecular formula is C44H84O5. The second-order valence-electron chi connectivity index (χ2n) is 14.8. The number of hydrogen-bond donors (Lipinski definition) is 1. The minimum absolute atomic E-state index is 0.0619. The predicted octanol–water partition coefficient (Wildman–Crippen LogP) is 13.7. The molecular weight excluding hydrogens is 608 g/mol. The van der Waals surface area contributed by atoms with E-state index in [2.05, 4.69) is 26.0 Å². The van der Waals surface area contributed by atoms with Crippen molar-refractivity contribution in [2.75, 3.05) is 13.2 Å². The molecule has 0 aliphatic rings. The van der Waals surface area contributed by atoms with Crippen molar-refractivity contribution in [1.29, 1.82) is 0 Å². The minimum atomic E-state index is -0.766. The monoisotopic (exact) mass is 693 g/mol. The zero-order valence-corrected chi connectivity index (χ0v) is 33.0. The number of aliphatic hydroxyl groups is 1. The maximum absolute atomic E-state index is 12.2. The van der Waals surface area contributed by atoms with E-state index < -0.39 is 6.10 Å². The fraction of sp³-hybridized carbons (Fsp3) is 0.909. The maximum Gasteiger partial charge on any atom is 0.306 e. The normalized spacial score (nSPS) is 12.1. The first-order chi connectivity index (χ1) is 24.1. The van der Waals surface area contributed by atoms with Gasteiger partial charge in [-0.1, -0.05) is 199 Å². The molecule has 0 aromatic heterocycles. The Bertz CT molecular complexity index is 705. The Labute approximate surface area is 305 Å². The SMILES string of the molecule is CCCCCCCC/C=C\CCCCCCCCCC(=O)OC[C@H](CO)OC(=O)CCCCCCCCCCCCCCCCCCCC. The van der Waals surface area contributed by atoms with Crippen molar-refractivity contribution in [3.63, 3.8) is 0 Å². The molecule has 0 bridgehead atoms. The zero-order valence-electron chi connectivity index (χ0n) is 33.0. The van der Waals surface area contributed by atoms with Gasteiger partial charge in [0.25, 0.3) is 0 Å². The highest BCUT2D eigenvalue weighted by Gasteiger charge is 2.16. The molecule has 0 saturated carbocycles. The molecule has 0 aromatic rings. The third kappa shape index (κ3) is 39.3. The molecule has 0 rings (SSSR count). The van der Waals surface area contributed by atoms with Crippen molar-refractivity contribution in [3.8, 4) is 0 Å². The summed E-state index contributed by atoms with van der Waals surface area (Å²) in [5.41, 5.74) is 0. The lowest BCUT2D eigenvalue weighted by atomic mass is 10.0. The highest BCUT2D eigenvalue weighted by molar-refractivity contribution is 5.70. The van der Waals surface area contributed by atoms with Gasteiger partial charge < -0.3 is 14.6 Å². The van der Waals surface area contributed by atoms with E-state index in [-0.39, 0.29) is 25.2 Å². The average Bonchev–Trinajstić information content (AvgIpc) is 3.10. The minimum Gasteiger partial charge on any atom is -0.462 e. The second-order valence-corrected chi connectivity index (χ2v) is 14.8. The Hall–Kier alpha value is -1.36. The highest BCUT2D eigenvalue weighted by atomic mass is 16.6. The number of allylic oxidation sites excluding steroid dienone is 2. The Morgan fingerprint density at radius 1 is 0.449 bits per heavy atom. The van der Waals surface area contributed by atoms with Crippen molar-refractivity contribution < 1.29 is 24.2 Å². The van der Waals surface area contributed by atoms with Crippen LogP contribution in [0.4, 0.5) is 0 Å². The Morgan fingerprint density at radius 3 is 1.10 bits per heavy atom. The van der Waals surface area contributed by atoms with Crippen LogP contribution in [0.3, 0.4) is 0 Å². The molecule has 0 amide bonds. The molecule has 49 heavy (non-hydrogen) atoms. The molecule has 0 radical (unpaired) electrons. The van der Waals surface area contributed by atoms with Crippen molar-refractivity contribution in [2.45, 2.75) is 245 Å². The lowest BCUT2D eigenvalue weighted by molar-refractivity contribution is -0.161. The van der Waals surface area contributed by atoms with Crippen LogP contribution in [0.2, 0.25) is 0 Å². The molecule has 5 nitrogen and oxygen atoms in total. The molecule has 0 fully saturated rings. The molecule has 0 unspecified atom stereocenters. The van der Waals surface area contributed by atoms with Gasteiger partial charge in [0.2, 0.25) is 0 Å². The Balaban J connectivity index is 3.49. The van der Waals surface area contributed by atoms with E-state index >= 15 is 0 Å². The number of hydrogen-bond acceptors (Lipinski definition) is 5. The fourth-order valence-electron chi connectivity index (χ4n) is 6.49. The predicted molar refractivity (Wildman–Crippen MR) is 210 cm³/mol. The molecule has 0 heterocycles. The van der Waals surface area contributed by atoms with Crippen LogP contribution in [-0.4, -0.2) is 36.4 Å². The van der Waals surface area contributed by atoms with E-state index in [1.807, 2.05) is 0 Å². The Morgan fingerprint density at radius 2 is 0.755 bits per heavy atom. The van der Waals surface area contributed by atoms with E-state index in [1.165, 1.54) is 173 Å². The summed E-state index contributed by atoms with van der Waals surface area (Å²) in [7, 11) is 0. The molecule has 0 spiro atoms. The summed E-state index contributed by atoms with van der Waals surface area (Å²) in [6, 6.07) is 0. The fourth-order valence-corrected chi connectivity index (χ4v) is 6.49. The van der Waals surface area contributed by atoms with E-state index in [9.17, 15) is 14.7 Å². The first-order valence-electron chi connectivity index (χ1n) is 21.7. The molecule has 0 aliphatic heterocycles. The lowest BCUT2D eigenvalue weighted by Gasteiger charge is -2.15. The van der Waals surface area contributed by atoms with E-state index in [4.69, 9.17) is 9.47 Å². The van der Waals surface area contributed by atoms with Crippen LogP contribution in [0, 0.1) is 0 Å². The van der Waals surface area contributed by atoms with Crippen molar-refractivity contribution in [3.05, 3.63) is 12.2 Å². The van der Waals surface area contributed by atoms with Crippen molar-refractivity contribution >= 4 is 11.9 Å². The van der Waals surface area contributed by atoms with Crippen LogP contribution in [-0.2, 0) is 19.1 Å². The third-order valence-electron chi connectivity index (χ3n) is 9.81. The number of carbonyl (C=O) groups excluding carboxylic acids is 2. The smallest absolute Gasteiger partial charge is 0.306 e. The number of unbranched alkanes of at least 4 members (excludes halogenated alkanes) is 30. The summed E-state index contributed by atoms with van der Waals surface area (Å²) >= 11 is 0. The van der Waals surface area contributed by atoms with Gasteiger partial charge in [0.15, 0.2) is 6.10 Å². The summed E-state index contributed by atoms with van der Waals surface area (Å²) < 4.78 is 10.6. The lowest BCUT2D eigenvalue weighted by Crippen LogP contribution is -2.28. The van der Waals surface area contributed by atoms with Gasteiger partial charge in [-0.15, -0.1) is 0 Å². The Kier molecular flexibility index (Phi) is 39.9. The van der Waals surface area contributed by atoms with Gasteiger partial charge in [-0.2, -0.15) is 0 Å². The molecule has 0 aromatic carbocycles. The summed E-state index contributed by atoms with van der Waals surface area (Å²) in [6.07, 6.45) is 47.1. The first kappa shape index (κ1) is 47.6. The van der Waals surface area contributed by atoms with Crippen LogP contribution in [0.25, 0.3) is 0 Å². The van der Waals surface area contributed by atoms with Gasteiger partial charge in [0.05, 0.1) is 6.61 Å². The largest absolute Gasteiger partial charge is 0.462 e. The highest BCUT2D eigenvalue weighted by Crippen LogP contribution is 2.16. The van der Waals surface area contributed by atoms with Crippen LogP contribution in [0.1, 0.15) is 239 Å². The zero-order chi connectivity index (χ0) is 35.7. The number of carbonyl (C=O) groups is 2. The maximum atomic E-state index is 12.2. The van der Waals surface area contributed by atoms with E-state index in [1.54, 1.807) is 0 Å². The number of aliphatic hydroxyl groups excluding tert-OH is 1. The van der Waals surface area contributed by atoms with Crippen molar-refractivity contribution in [2.24, 2.45) is 0 Å². The van der Waals surface area contributed by atoms with Gasteiger partial charge in [0.1, 0.15) is 6.61 Å². The summed E-state index contributed by atoms with van der Waals surface area (Å²) in [6.45, 7) is 4.16. The quantitative estimate of drug-likeness (QED) is 0.0393. The van der Waals surface area contributed by atoms with Gasteiger partial charge in [-0.3, -0.25) is 9.59 Å². The molecule has 0 saturated heterocycles. The summed E-state index contributed by atoms with van der Waals surface area (Å²) in [5, 5.41) is 9.58. The second kappa shape index (κ2) is 41.1. The van der Waals surface area contributed by atoms with Gasteiger partial charge >= 0.3 is 11.9 Å². The van der Waals surface area contributed by atoms with Crippen molar-refractivity contribution in [1.82, 2.24) is 0 Å². The first-order valence-corrected chi connectivity index (χ1v) is 21.7. The number of ether oxygens (including phenoxy) is 2. The van der Waals surface area contributed by atoms with E-state index in [0.29, 0.717) is 12.8 Å². The van der Waals surface area contributed by atoms with Crippen LogP contribution in [0.5, 0.6) is 0 Å². The molecule has 5 heteroatoms. The number of rotatable bonds is 40. The summed E-state index contributed by atoms with van der Waals surface area (Å²) in [4.78, 5) is 24.3. The molecule has 1 atom stereocenters. The van der Waals surface area contributed by atoms with E-state index in [0.717, 1.165) is 38.5 Å². The number of esters is 2. The van der Waals surface area contributed by atoms with Gasteiger partial charge in [-0.25, -0.2) is 0 Å². The topological polar surface area (TPSA) is 72.8 Å². The average molecular weight is 693 g/mol. The molecule has 290 valence electrons. The van der Waals surface area contributed by atoms with Crippen LogP contribution < -0.4 is 0 Å².